The fraction of sp³-hybridized carbons (Fsp3) is 0.462. The molecule has 1 aromatic carbocycles. The molecule has 1 aliphatic heterocycles. The quantitative estimate of drug-likeness (QED) is 0.770. The van der Waals surface area contributed by atoms with Crippen molar-refractivity contribution >= 4 is 14.0 Å². The second kappa shape index (κ2) is 4.62. The van der Waals surface area contributed by atoms with Crippen molar-refractivity contribution in [2.75, 3.05) is 12.9 Å². The summed E-state index contributed by atoms with van der Waals surface area (Å²) in [7, 11) is -1.27. The van der Waals surface area contributed by atoms with E-state index in [2.05, 4.69) is 19.6 Å². The SMILES string of the molecule is C[Si](C)(C)CN1COC(c2ccccc2)C1=O. The van der Waals surface area contributed by atoms with Crippen LogP contribution in [0.3, 0.4) is 0 Å². The number of rotatable bonds is 3. The number of hydrogen-bond acceptors (Lipinski definition) is 2. The fourth-order valence-electron chi connectivity index (χ4n) is 2.03. The maximum absolute atomic E-state index is 12.2. The molecule has 0 bridgehead atoms. The van der Waals surface area contributed by atoms with Crippen LogP contribution in [0, 0.1) is 0 Å². The highest BCUT2D eigenvalue weighted by Gasteiger charge is 2.35. The molecule has 1 saturated heterocycles. The van der Waals surface area contributed by atoms with Gasteiger partial charge in [-0.25, -0.2) is 0 Å². The van der Waals surface area contributed by atoms with Crippen LogP contribution in [0.1, 0.15) is 11.7 Å². The lowest BCUT2D eigenvalue weighted by Crippen LogP contribution is -2.41. The van der Waals surface area contributed by atoms with E-state index in [4.69, 9.17) is 4.74 Å². The van der Waals surface area contributed by atoms with E-state index in [-0.39, 0.29) is 5.91 Å². The highest BCUT2D eigenvalue weighted by Crippen LogP contribution is 2.26. The molecule has 1 aliphatic rings. The minimum atomic E-state index is -1.27. The van der Waals surface area contributed by atoms with Gasteiger partial charge >= 0.3 is 0 Å². The Bertz CT molecular complexity index is 400. The summed E-state index contributed by atoms with van der Waals surface area (Å²) < 4.78 is 5.61. The Morgan fingerprint density at radius 3 is 2.53 bits per heavy atom. The monoisotopic (exact) mass is 249 g/mol. The largest absolute Gasteiger partial charge is 0.343 e. The normalized spacial score (nSPS) is 21.0. The molecule has 17 heavy (non-hydrogen) atoms. The van der Waals surface area contributed by atoms with Crippen molar-refractivity contribution in [2.45, 2.75) is 25.7 Å². The Balaban J connectivity index is 2.08. The molecule has 0 radical (unpaired) electrons. The highest BCUT2D eigenvalue weighted by atomic mass is 28.3. The maximum Gasteiger partial charge on any atom is 0.257 e. The smallest absolute Gasteiger partial charge is 0.257 e. The van der Waals surface area contributed by atoms with Gasteiger partial charge in [-0.2, -0.15) is 0 Å². The summed E-state index contributed by atoms with van der Waals surface area (Å²) in [6.45, 7) is 7.21. The molecule has 1 aromatic rings. The first-order chi connectivity index (χ1) is 7.97. The minimum absolute atomic E-state index is 0.110. The summed E-state index contributed by atoms with van der Waals surface area (Å²) >= 11 is 0. The van der Waals surface area contributed by atoms with Crippen LogP contribution in [0.2, 0.25) is 19.6 Å². The highest BCUT2D eigenvalue weighted by molar-refractivity contribution is 6.76. The van der Waals surface area contributed by atoms with Gasteiger partial charge in [-0.3, -0.25) is 4.79 Å². The van der Waals surface area contributed by atoms with Gasteiger partial charge in [0.05, 0.1) is 8.07 Å². The molecule has 1 atom stereocenters. The van der Waals surface area contributed by atoms with Crippen molar-refractivity contribution in [2.24, 2.45) is 0 Å². The number of benzene rings is 1. The first-order valence-electron chi connectivity index (χ1n) is 5.93. The van der Waals surface area contributed by atoms with Crippen LogP contribution in [0.5, 0.6) is 0 Å². The Morgan fingerprint density at radius 2 is 1.94 bits per heavy atom. The van der Waals surface area contributed by atoms with E-state index in [1.54, 1.807) is 0 Å². The average molecular weight is 249 g/mol. The van der Waals surface area contributed by atoms with Crippen LogP contribution in [-0.2, 0) is 9.53 Å². The van der Waals surface area contributed by atoms with Gasteiger partial charge in [-0.05, 0) is 5.56 Å². The molecule has 1 unspecified atom stereocenters. The first-order valence-corrected chi connectivity index (χ1v) is 9.63. The predicted molar refractivity (Wildman–Crippen MR) is 70.2 cm³/mol. The maximum atomic E-state index is 12.2. The molecule has 0 saturated carbocycles. The number of hydrogen-bond donors (Lipinski definition) is 0. The molecule has 3 nitrogen and oxygen atoms in total. The number of carbonyl (C=O) groups excluding carboxylic acids is 1. The molecule has 92 valence electrons. The number of ether oxygens (including phenoxy) is 1. The lowest BCUT2D eigenvalue weighted by Gasteiger charge is -2.23. The number of nitrogens with zero attached hydrogens (tertiary/aromatic N) is 1. The van der Waals surface area contributed by atoms with E-state index in [1.807, 2.05) is 35.2 Å². The van der Waals surface area contributed by atoms with Crippen molar-refractivity contribution < 1.29 is 9.53 Å². The minimum Gasteiger partial charge on any atom is -0.343 e. The molecule has 1 amide bonds. The zero-order chi connectivity index (χ0) is 12.5. The Hall–Kier alpha value is -1.13. The van der Waals surface area contributed by atoms with Crippen molar-refractivity contribution in [3.05, 3.63) is 35.9 Å². The van der Waals surface area contributed by atoms with Crippen molar-refractivity contribution in [3.63, 3.8) is 0 Å². The van der Waals surface area contributed by atoms with E-state index < -0.39 is 14.2 Å². The third kappa shape index (κ3) is 2.95. The van der Waals surface area contributed by atoms with Crippen LogP contribution in [0.15, 0.2) is 30.3 Å². The van der Waals surface area contributed by atoms with E-state index in [9.17, 15) is 4.79 Å². The van der Waals surface area contributed by atoms with E-state index in [1.165, 1.54) is 0 Å². The van der Waals surface area contributed by atoms with Gasteiger partial charge in [-0.1, -0.05) is 50.0 Å². The van der Waals surface area contributed by atoms with Gasteiger partial charge in [0.1, 0.15) is 6.73 Å². The van der Waals surface area contributed by atoms with Crippen LogP contribution in [-0.4, -0.2) is 31.8 Å². The average Bonchev–Trinajstić information content (AvgIpc) is 2.60. The standard InChI is InChI=1S/C13H19NO2Si/c1-17(2,3)10-14-9-16-12(13(14)15)11-7-5-4-6-8-11/h4-8,12H,9-10H2,1-3H3. The van der Waals surface area contributed by atoms with Gasteiger partial charge in [0.15, 0.2) is 6.10 Å². The van der Waals surface area contributed by atoms with Gasteiger partial charge in [0.2, 0.25) is 0 Å². The Kier molecular flexibility index (Phi) is 3.35. The summed E-state index contributed by atoms with van der Waals surface area (Å²) in [6.07, 6.45) is 0.474. The van der Waals surface area contributed by atoms with Crippen molar-refractivity contribution in [1.29, 1.82) is 0 Å². The Morgan fingerprint density at radius 1 is 1.29 bits per heavy atom. The molecule has 0 aromatic heterocycles. The molecule has 1 heterocycles. The van der Waals surface area contributed by atoms with Crippen LogP contribution < -0.4 is 0 Å². The van der Waals surface area contributed by atoms with Gasteiger partial charge < -0.3 is 9.64 Å². The van der Waals surface area contributed by atoms with Crippen molar-refractivity contribution in [1.82, 2.24) is 4.90 Å². The summed E-state index contributed by atoms with van der Waals surface area (Å²) in [4.78, 5) is 14.1. The number of amides is 1. The molecule has 2 rings (SSSR count). The molecular formula is C13H19NO2Si. The molecule has 0 spiro atoms. The second-order valence-corrected chi connectivity index (χ2v) is 11.1. The molecule has 4 heteroatoms. The van der Waals surface area contributed by atoms with Crippen molar-refractivity contribution in [3.8, 4) is 0 Å². The van der Waals surface area contributed by atoms with E-state index >= 15 is 0 Å². The molecular weight excluding hydrogens is 230 g/mol. The van der Waals surface area contributed by atoms with Crippen LogP contribution in [0.4, 0.5) is 0 Å². The summed E-state index contributed by atoms with van der Waals surface area (Å²) in [5.41, 5.74) is 0.954. The van der Waals surface area contributed by atoms with Crippen LogP contribution in [0.25, 0.3) is 0 Å². The second-order valence-electron chi connectivity index (χ2n) is 5.68. The van der Waals surface area contributed by atoms with Gasteiger partial charge in [0.25, 0.3) is 5.91 Å². The molecule has 0 N–H and O–H groups in total. The summed E-state index contributed by atoms with van der Waals surface area (Å²) in [5, 5.41) is 0. The summed E-state index contributed by atoms with van der Waals surface area (Å²) in [6, 6.07) is 9.71. The van der Waals surface area contributed by atoms with E-state index in [0.29, 0.717) is 6.73 Å². The van der Waals surface area contributed by atoms with Crippen LogP contribution >= 0.6 is 0 Å². The third-order valence-electron chi connectivity index (χ3n) is 2.70. The molecule has 0 aliphatic carbocycles. The lowest BCUT2D eigenvalue weighted by atomic mass is 10.1. The third-order valence-corrected chi connectivity index (χ3v) is 4.03. The lowest BCUT2D eigenvalue weighted by molar-refractivity contribution is -0.129. The fourth-order valence-corrected chi connectivity index (χ4v) is 3.42. The predicted octanol–water partition coefficient (Wildman–Crippen LogP) is 2.42. The number of carbonyl (C=O) groups is 1. The van der Waals surface area contributed by atoms with E-state index in [0.717, 1.165) is 11.7 Å². The van der Waals surface area contributed by atoms with Gasteiger partial charge in [-0.15, -0.1) is 0 Å². The topological polar surface area (TPSA) is 29.5 Å². The zero-order valence-electron chi connectivity index (χ0n) is 10.6. The Labute approximate surface area is 103 Å². The first kappa shape index (κ1) is 12.3. The summed E-state index contributed by atoms with van der Waals surface area (Å²) in [5.74, 6) is 0.110. The van der Waals surface area contributed by atoms with Gasteiger partial charge in [0, 0.05) is 6.17 Å². The zero-order valence-corrected chi connectivity index (χ0v) is 11.6. The molecule has 1 fully saturated rings.